The Kier molecular flexibility index (Phi) is 6.17. The van der Waals surface area contributed by atoms with E-state index < -0.39 is 5.91 Å². The van der Waals surface area contributed by atoms with E-state index in [0.717, 1.165) is 5.56 Å². The van der Waals surface area contributed by atoms with Crippen molar-refractivity contribution in [1.82, 2.24) is 9.80 Å². The number of nitrogen functional groups attached to an aromatic ring is 1. The first-order chi connectivity index (χ1) is 9.88. The van der Waals surface area contributed by atoms with Crippen LogP contribution in [0, 0.1) is 0 Å². The van der Waals surface area contributed by atoms with Gasteiger partial charge in [0.1, 0.15) is 0 Å². The summed E-state index contributed by atoms with van der Waals surface area (Å²) >= 11 is 0. The molecule has 6 nitrogen and oxygen atoms in total. The van der Waals surface area contributed by atoms with Crippen molar-refractivity contribution in [1.29, 1.82) is 0 Å². The number of nitrogens with two attached hydrogens (primary N) is 2. The Hall–Kier alpha value is -2.08. The summed E-state index contributed by atoms with van der Waals surface area (Å²) in [4.78, 5) is 26.8. The van der Waals surface area contributed by atoms with Gasteiger partial charge in [0.15, 0.2) is 0 Å². The van der Waals surface area contributed by atoms with Crippen LogP contribution in [0.2, 0.25) is 0 Å². The maximum atomic E-state index is 12.0. The van der Waals surface area contributed by atoms with E-state index in [4.69, 9.17) is 11.5 Å². The Bertz CT molecular complexity index is 512. The summed E-state index contributed by atoms with van der Waals surface area (Å²) in [5, 5.41) is 0. The maximum absolute atomic E-state index is 12.0. The van der Waals surface area contributed by atoms with E-state index >= 15 is 0 Å². The maximum Gasteiger partial charge on any atom is 0.248 e. The largest absolute Gasteiger partial charge is 0.398 e. The summed E-state index contributed by atoms with van der Waals surface area (Å²) in [6.07, 6.45) is 0. The highest BCUT2D eigenvalue weighted by atomic mass is 16.2. The molecule has 0 saturated heterocycles. The van der Waals surface area contributed by atoms with Crippen LogP contribution < -0.4 is 11.5 Å². The van der Waals surface area contributed by atoms with Crippen molar-refractivity contribution >= 4 is 17.5 Å². The Labute approximate surface area is 125 Å². The molecular formula is C15H24N4O2. The summed E-state index contributed by atoms with van der Waals surface area (Å²) in [5.74, 6) is -0.409. The summed E-state index contributed by atoms with van der Waals surface area (Å²) in [6, 6.07) is 4.99. The lowest BCUT2D eigenvalue weighted by atomic mass is 10.1. The molecule has 6 heteroatoms. The molecular weight excluding hydrogens is 268 g/mol. The Morgan fingerprint density at radius 1 is 1.19 bits per heavy atom. The van der Waals surface area contributed by atoms with Gasteiger partial charge in [-0.25, -0.2) is 0 Å². The minimum atomic E-state index is -0.502. The number of likely N-dealkylation sites (N-methyl/N-ethyl adjacent to an activating group) is 2. The molecule has 2 amide bonds. The molecule has 0 aliphatic heterocycles. The first-order valence-electron chi connectivity index (χ1n) is 7.03. The van der Waals surface area contributed by atoms with E-state index in [2.05, 4.69) is 0 Å². The summed E-state index contributed by atoms with van der Waals surface area (Å²) < 4.78 is 0. The van der Waals surface area contributed by atoms with Crippen LogP contribution in [0.15, 0.2) is 18.2 Å². The average molecular weight is 292 g/mol. The normalized spacial score (nSPS) is 10.7. The average Bonchev–Trinajstić information content (AvgIpc) is 2.42. The SMILES string of the molecule is CCN(CC)C(=O)CN(C)Cc1ccc(C(N)=O)cc1N. The van der Waals surface area contributed by atoms with Crippen molar-refractivity contribution < 1.29 is 9.59 Å². The van der Waals surface area contributed by atoms with Crippen LogP contribution in [0.25, 0.3) is 0 Å². The summed E-state index contributed by atoms with van der Waals surface area (Å²) in [5.41, 5.74) is 12.9. The van der Waals surface area contributed by atoms with Gasteiger partial charge in [-0.2, -0.15) is 0 Å². The second-order valence-corrected chi connectivity index (χ2v) is 5.02. The highest BCUT2D eigenvalue weighted by Crippen LogP contribution is 2.16. The van der Waals surface area contributed by atoms with Gasteiger partial charge in [-0.05, 0) is 38.6 Å². The van der Waals surface area contributed by atoms with Gasteiger partial charge in [0, 0.05) is 30.9 Å². The van der Waals surface area contributed by atoms with Gasteiger partial charge in [-0.15, -0.1) is 0 Å². The fourth-order valence-electron chi connectivity index (χ4n) is 2.15. The van der Waals surface area contributed by atoms with Crippen molar-refractivity contribution in [3.05, 3.63) is 29.3 Å². The van der Waals surface area contributed by atoms with Gasteiger partial charge in [-0.3, -0.25) is 14.5 Å². The zero-order valence-electron chi connectivity index (χ0n) is 12.9. The molecule has 0 atom stereocenters. The van der Waals surface area contributed by atoms with Gasteiger partial charge < -0.3 is 16.4 Å². The van der Waals surface area contributed by atoms with E-state index in [0.29, 0.717) is 37.4 Å². The van der Waals surface area contributed by atoms with E-state index in [1.165, 1.54) is 0 Å². The molecule has 0 fully saturated rings. The van der Waals surface area contributed by atoms with Crippen LogP contribution in [0.3, 0.4) is 0 Å². The highest BCUT2D eigenvalue weighted by molar-refractivity contribution is 5.93. The van der Waals surface area contributed by atoms with E-state index in [1.807, 2.05) is 25.8 Å². The topological polar surface area (TPSA) is 92.7 Å². The van der Waals surface area contributed by atoms with Crippen molar-refractivity contribution in [3.63, 3.8) is 0 Å². The lowest BCUT2D eigenvalue weighted by molar-refractivity contribution is -0.131. The molecule has 21 heavy (non-hydrogen) atoms. The Morgan fingerprint density at radius 3 is 2.29 bits per heavy atom. The zero-order valence-corrected chi connectivity index (χ0v) is 12.9. The van der Waals surface area contributed by atoms with Gasteiger partial charge in [-0.1, -0.05) is 6.07 Å². The molecule has 0 aromatic heterocycles. The standard InChI is InChI=1S/C15H24N4O2/c1-4-19(5-2)14(20)10-18(3)9-12-7-6-11(15(17)21)8-13(12)16/h6-8H,4-5,9-10,16H2,1-3H3,(H2,17,21). The number of primary amides is 1. The Balaban J connectivity index is 2.69. The number of hydrogen-bond donors (Lipinski definition) is 2. The quantitative estimate of drug-likeness (QED) is 0.722. The second kappa shape index (κ2) is 7.64. The monoisotopic (exact) mass is 292 g/mol. The molecule has 0 heterocycles. The number of amides is 2. The van der Waals surface area contributed by atoms with Gasteiger partial charge >= 0.3 is 0 Å². The lowest BCUT2D eigenvalue weighted by Crippen LogP contribution is -2.38. The number of carbonyl (C=O) groups excluding carboxylic acids is 2. The van der Waals surface area contributed by atoms with E-state index in [9.17, 15) is 9.59 Å². The number of rotatable bonds is 7. The van der Waals surface area contributed by atoms with Crippen LogP contribution in [0.4, 0.5) is 5.69 Å². The fraction of sp³-hybridized carbons (Fsp3) is 0.467. The van der Waals surface area contributed by atoms with E-state index in [-0.39, 0.29) is 5.91 Å². The number of anilines is 1. The van der Waals surface area contributed by atoms with E-state index in [1.54, 1.807) is 23.1 Å². The van der Waals surface area contributed by atoms with Crippen LogP contribution in [-0.2, 0) is 11.3 Å². The first-order valence-corrected chi connectivity index (χ1v) is 7.03. The second-order valence-electron chi connectivity index (χ2n) is 5.02. The molecule has 0 aliphatic rings. The lowest BCUT2D eigenvalue weighted by Gasteiger charge is -2.23. The third kappa shape index (κ3) is 4.75. The Morgan fingerprint density at radius 2 is 1.81 bits per heavy atom. The molecule has 4 N–H and O–H groups in total. The predicted octanol–water partition coefficient (Wildman–Crippen LogP) is 0.668. The number of hydrogen-bond acceptors (Lipinski definition) is 4. The van der Waals surface area contributed by atoms with Gasteiger partial charge in [0.05, 0.1) is 6.54 Å². The molecule has 116 valence electrons. The number of carbonyl (C=O) groups is 2. The molecule has 0 spiro atoms. The van der Waals surface area contributed by atoms with Crippen LogP contribution in [0.1, 0.15) is 29.8 Å². The molecule has 1 aromatic carbocycles. The minimum absolute atomic E-state index is 0.0924. The summed E-state index contributed by atoms with van der Waals surface area (Å²) in [7, 11) is 1.86. The van der Waals surface area contributed by atoms with Crippen molar-refractivity contribution in [2.45, 2.75) is 20.4 Å². The van der Waals surface area contributed by atoms with Crippen molar-refractivity contribution in [2.75, 3.05) is 32.4 Å². The van der Waals surface area contributed by atoms with Gasteiger partial charge in [0.25, 0.3) is 0 Å². The van der Waals surface area contributed by atoms with Crippen molar-refractivity contribution in [3.8, 4) is 0 Å². The predicted molar refractivity (Wildman–Crippen MR) is 83.6 cm³/mol. The molecule has 0 bridgehead atoms. The molecule has 1 aromatic rings. The molecule has 0 unspecified atom stereocenters. The minimum Gasteiger partial charge on any atom is -0.398 e. The smallest absolute Gasteiger partial charge is 0.248 e. The van der Waals surface area contributed by atoms with Crippen LogP contribution in [-0.4, -0.2) is 48.3 Å². The van der Waals surface area contributed by atoms with Crippen molar-refractivity contribution in [2.24, 2.45) is 5.73 Å². The summed E-state index contributed by atoms with van der Waals surface area (Å²) in [6.45, 7) is 6.21. The van der Waals surface area contributed by atoms with Gasteiger partial charge in [0.2, 0.25) is 11.8 Å². The molecule has 1 rings (SSSR count). The highest BCUT2D eigenvalue weighted by Gasteiger charge is 2.13. The molecule has 0 aliphatic carbocycles. The third-order valence-corrected chi connectivity index (χ3v) is 3.39. The first kappa shape index (κ1) is 17.0. The fourth-order valence-corrected chi connectivity index (χ4v) is 2.15. The number of benzene rings is 1. The third-order valence-electron chi connectivity index (χ3n) is 3.39. The van der Waals surface area contributed by atoms with Crippen LogP contribution in [0.5, 0.6) is 0 Å². The molecule has 0 radical (unpaired) electrons. The van der Waals surface area contributed by atoms with Crippen LogP contribution >= 0.6 is 0 Å². The molecule has 0 saturated carbocycles. The number of nitrogens with zero attached hydrogens (tertiary/aromatic N) is 2. The zero-order chi connectivity index (χ0) is 16.0.